The van der Waals surface area contributed by atoms with E-state index in [1.54, 1.807) is 12.3 Å². The number of hydrogen-bond acceptors (Lipinski definition) is 5. The third-order valence-corrected chi connectivity index (χ3v) is 4.15. The molecule has 0 saturated carbocycles. The van der Waals surface area contributed by atoms with E-state index in [0.29, 0.717) is 17.1 Å². The lowest BCUT2D eigenvalue weighted by Crippen LogP contribution is -2.12. The third-order valence-electron chi connectivity index (χ3n) is 2.53. The van der Waals surface area contributed by atoms with Gasteiger partial charge < -0.3 is 5.11 Å². The molecule has 1 amide bonds. The van der Waals surface area contributed by atoms with Crippen molar-refractivity contribution in [2.24, 2.45) is 0 Å². The lowest BCUT2D eigenvalue weighted by molar-refractivity contribution is 0.102. The second-order valence-electron chi connectivity index (χ2n) is 3.96. The maximum Gasteiger partial charge on any atom is 0.258 e. The first-order chi connectivity index (χ1) is 10.2. The molecule has 1 heterocycles. The molecule has 0 aliphatic heterocycles. The fourth-order valence-corrected chi connectivity index (χ4v) is 2.87. The average molecular weight is 318 g/mol. The Morgan fingerprint density at radius 2 is 2.29 bits per heavy atom. The van der Waals surface area contributed by atoms with Crippen molar-refractivity contribution in [3.05, 3.63) is 40.9 Å². The number of nitrogens with zero attached hydrogens (tertiary/aromatic N) is 1. The predicted octanol–water partition coefficient (Wildman–Crippen LogP) is 2.85. The number of rotatable bonds is 4. The van der Waals surface area contributed by atoms with Crippen LogP contribution in [0, 0.1) is 11.8 Å². The Balaban J connectivity index is 2.08. The Morgan fingerprint density at radius 1 is 1.48 bits per heavy atom. The molecule has 0 saturated heterocycles. The molecule has 0 spiro atoms. The summed E-state index contributed by atoms with van der Waals surface area (Å²) >= 11 is 2.84. The van der Waals surface area contributed by atoms with Gasteiger partial charge in [-0.2, -0.15) is 0 Å². The standard InChI is InChI=1S/C15H14N2O2S2/c1-20-13-8-3-2-7-12(13)14(19)17-15-16-10-11(21-15)6-4-5-9-18/h2-3,7-8,10,18H,5,9H2,1H3,(H,16,17,19). The van der Waals surface area contributed by atoms with Crippen LogP contribution < -0.4 is 5.32 Å². The van der Waals surface area contributed by atoms with Crippen molar-refractivity contribution in [1.29, 1.82) is 0 Å². The van der Waals surface area contributed by atoms with Crippen LogP contribution in [0.15, 0.2) is 35.4 Å². The number of benzene rings is 1. The summed E-state index contributed by atoms with van der Waals surface area (Å²) in [5.41, 5.74) is 0.633. The number of anilines is 1. The maximum absolute atomic E-state index is 12.2. The number of aliphatic hydroxyl groups is 1. The first-order valence-corrected chi connectivity index (χ1v) is 8.28. The molecule has 2 aromatic rings. The number of thioether (sulfide) groups is 1. The van der Waals surface area contributed by atoms with Crippen LogP contribution in [0.5, 0.6) is 0 Å². The van der Waals surface area contributed by atoms with Gasteiger partial charge >= 0.3 is 0 Å². The highest BCUT2D eigenvalue weighted by atomic mass is 32.2. The van der Waals surface area contributed by atoms with Gasteiger partial charge in [-0.05, 0) is 18.4 Å². The SMILES string of the molecule is CSc1ccccc1C(=O)Nc1ncc(C#CCCO)s1. The number of amides is 1. The van der Waals surface area contributed by atoms with Gasteiger partial charge in [-0.25, -0.2) is 4.98 Å². The molecule has 0 fully saturated rings. The fraction of sp³-hybridized carbons (Fsp3) is 0.200. The van der Waals surface area contributed by atoms with Gasteiger partial charge in [-0.1, -0.05) is 35.3 Å². The minimum absolute atomic E-state index is 0.0425. The molecule has 2 rings (SSSR count). The molecular formula is C15H14N2O2S2. The van der Waals surface area contributed by atoms with E-state index in [1.165, 1.54) is 23.1 Å². The van der Waals surface area contributed by atoms with Crippen LogP contribution in [-0.4, -0.2) is 28.9 Å². The quantitative estimate of drug-likeness (QED) is 0.672. The van der Waals surface area contributed by atoms with Crippen LogP contribution in [-0.2, 0) is 0 Å². The van der Waals surface area contributed by atoms with Crippen molar-refractivity contribution >= 4 is 34.1 Å². The highest BCUT2D eigenvalue weighted by Crippen LogP contribution is 2.22. The van der Waals surface area contributed by atoms with Gasteiger partial charge in [0.05, 0.1) is 23.2 Å². The number of aliphatic hydroxyl groups excluding tert-OH is 1. The van der Waals surface area contributed by atoms with Crippen LogP contribution >= 0.6 is 23.1 Å². The summed E-state index contributed by atoms with van der Waals surface area (Å²) in [6.07, 6.45) is 3.98. The molecule has 6 heteroatoms. The van der Waals surface area contributed by atoms with Crippen molar-refractivity contribution in [2.75, 3.05) is 18.2 Å². The van der Waals surface area contributed by atoms with Gasteiger partial charge in [0.2, 0.25) is 0 Å². The number of carbonyl (C=O) groups excluding carboxylic acids is 1. The van der Waals surface area contributed by atoms with Crippen molar-refractivity contribution in [3.63, 3.8) is 0 Å². The summed E-state index contributed by atoms with van der Waals surface area (Å²) in [6.45, 7) is 0.0425. The van der Waals surface area contributed by atoms with E-state index in [0.717, 1.165) is 9.77 Å². The molecule has 2 N–H and O–H groups in total. The zero-order valence-electron chi connectivity index (χ0n) is 11.4. The summed E-state index contributed by atoms with van der Waals surface area (Å²) < 4.78 is 0. The van der Waals surface area contributed by atoms with E-state index < -0.39 is 0 Å². The minimum Gasteiger partial charge on any atom is -0.395 e. The van der Waals surface area contributed by atoms with E-state index in [1.807, 2.05) is 24.5 Å². The topological polar surface area (TPSA) is 62.2 Å². The van der Waals surface area contributed by atoms with E-state index in [9.17, 15) is 4.79 Å². The van der Waals surface area contributed by atoms with Gasteiger partial charge in [0, 0.05) is 11.3 Å². The predicted molar refractivity (Wildman–Crippen MR) is 86.9 cm³/mol. The maximum atomic E-state index is 12.2. The fourth-order valence-electron chi connectivity index (χ4n) is 1.59. The number of thiazole rings is 1. The van der Waals surface area contributed by atoms with Crippen molar-refractivity contribution < 1.29 is 9.90 Å². The van der Waals surface area contributed by atoms with Gasteiger partial charge in [0.1, 0.15) is 0 Å². The number of carbonyl (C=O) groups is 1. The summed E-state index contributed by atoms with van der Waals surface area (Å²) in [7, 11) is 0. The summed E-state index contributed by atoms with van der Waals surface area (Å²) in [5, 5.41) is 12.0. The lowest BCUT2D eigenvalue weighted by atomic mass is 10.2. The number of nitrogens with one attached hydrogen (secondary N) is 1. The largest absolute Gasteiger partial charge is 0.395 e. The number of hydrogen-bond donors (Lipinski definition) is 2. The summed E-state index contributed by atoms with van der Waals surface area (Å²) in [6, 6.07) is 7.44. The molecule has 0 atom stereocenters. The molecule has 21 heavy (non-hydrogen) atoms. The molecule has 1 aromatic carbocycles. The first kappa shape index (κ1) is 15.6. The average Bonchev–Trinajstić information content (AvgIpc) is 2.95. The Hall–Kier alpha value is -1.81. The molecule has 0 bridgehead atoms. The van der Waals surface area contributed by atoms with Gasteiger partial charge in [-0.15, -0.1) is 11.8 Å². The molecule has 0 aliphatic carbocycles. The molecule has 0 unspecified atom stereocenters. The normalized spacial score (nSPS) is 9.81. The van der Waals surface area contributed by atoms with Crippen molar-refractivity contribution in [1.82, 2.24) is 4.98 Å². The second-order valence-corrected chi connectivity index (χ2v) is 5.84. The molecule has 4 nitrogen and oxygen atoms in total. The molecular weight excluding hydrogens is 304 g/mol. The van der Waals surface area contributed by atoms with Crippen molar-refractivity contribution in [3.8, 4) is 11.8 Å². The van der Waals surface area contributed by atoms with Crippen LogP contribution in [0.25, 0.3) is 0 Å². The van der Waals surface area contributed by atoms with Crippen LogP contribution in [0.4, 0.5) is 5.13 Å². The van der Waals surface area contributed by atoms with Crippen LogP contribution in [0.1, 0.15) is 21.7 Å². The van der Waals surface area contributed by atoms with E-state index in [2.05, 4.69) is 22.1 Å². The third kappa shape index (κ3) is 4.33. The molecule has 0 radical (unpaired) electrons. The van der Waals surface area contributed by atoms with Gasteiger partial charge in [-0.3, -0.25) is 10.1 Å². The van der Waals surface area contributed by atoms with Crippen molar-refractivity contribution in [2.45, 2.75) is 11.3 Å². The summed E-state index contributed by atoms with van der Waals surface area (Å²) in [5.74, 6) is 5.54. The smallest absolute Gasteiger partial charge is 0.258 e. The first-order valence-electron chi connectivity index (χ1n) is 6.24. The zero-order chi connectivity index (χ0) is 15.1. The van der Waals surface area contributed by atoms with E-state index >= 15 is 0 Å². The van der Waals surface area contributed by atoms with Crippen LogP contribution in [0.2, 0.25) is 0 Å². The Kier molecular flexibility index (Phi) is 5.81. The van der Waals surface area contributed by atoms with Gasteiger partial charge in [0.25, 0.3) is 5.91 Å². The lowest BCUT2D eigenvalue weighted by Gasteiger charge is -2.05. The molecule has 0 aliphatic rings. The highest BCUT2D eigenvalue weighted by molar-refractivity contribution is 7.98. The van der Waals surface area contributed by atoms with Gasteiger partial charge in [0.15, 0.2) is 5.13 Å². The Morgan fingerprint density at radius 3 is 3.05 bits per heavy atom. The van der Waals surface area contributed by atoms with E-state index in [4.69, 9.17) is 5.11 Å². The Bertz CT molecular complexity index is 686. The second kappa shape index (κ2) is 7.84. The summed E-state index contributed by atoms with van der Waals surface area (Å²) in [4.78, 5) is 18.1. The monoisotopic (exact) mass is 318 g/mol. The van der Waals surface area contributed by atoms with Crippen LogP contribution in [0.3, 0.4) is 0 Å². The zero-order valence-corrected chi connectivity index (χ0v) is 13.1. The van der Waals surface area contributed by atoms with E-state index in [-0.39, 0.29) is 12.5 Å². The molecule has 108 valence electrons. The minimum atomic E-state index is -0.177. The Labute approximate surface area is 131 Å². The number of aromatic nitrogens is 1. The highest BCUT2D eigenvalue weighted by Gasteiger charge is 2.12. The molecule has 1 aromatic heterocycles.